The molecular formula is C23H25F4N5O2. The summed E-state index contributed by atoms with van der Waals surface area (Å²) in [5, 5.41) is 7.49. The SMILES string of the molecule is Cc1noc(-c2cc3cc(C(F)(F)F)cc(F)c3nc2N2CCC(N[C@H]3CCCOC3)CC2)n1. The van der Waals surface area contributed by atoms with Gasteiger partial charge in [0, 0.05) is 37.2 Å². The highest BCUT2D eigenvalue weighted by Crippen LogP contribution is 2.37. The van der Waals surface area contributed by atoms with Crippen LogP contribution in [-0.2, 0) is 10.9 Å². The van der Waals surface area contributed by atoms with Crippen molar-refractivity contribution < 1.29 is 26.8 Å². The third-order valence-electron chi connectivity index (χ3n) is 6.36. The van der Waals surface area contributed by atoms with E-state index in [1.54, 1.807) is 6.92 Å². The van der Waals surface area contributed by atoms with E-state index in [1.807, 2.05) is 4.90 Å². The predicted molar refractivity (Wildman–Crippen MR) is 117 cm³/mol. The third-order valence-corrected chi connectivity index (χ3v) is 6.36. The Morgan fingerprint density at radius 3 is 2.50 bits per heavy atom. The Labute approximate surface area is 193 Å². The first-order valence-electron chi connectivity index (χ1n) is 11.4. The summed E-state index contributed by atoms with van der Waals surface area (Å²) in [4.78, 5) is 10.7. The fourth-order valence-corrected chi connectivity index (χ4v) is 4.67. The average Bonchev–Trinajstić information content (AvgIpc) is 3.25. The van der Waals surface area contributed by atoms with Gasteiger partial charge in [-0.3, -0.25) is 0 Å². The molecule has 0 saturated carbocycles. The van der Waals surface area contributed by atoms with Crippen molar-refractivity contribution in [1.82, 2.24) is 20.4 Å². The van der Waals surface area contributed by atoms with Crippen LogP contribution in [-0.4, -0.2) is 53.5 Å². The Bertz CT molecular complexity index is 1170. The van der Waals surface area contributed by atoms with E-state index in [1.165, 1.54) is 6.07 Å². The molecule has 1 N–H and O–H groups in total. The molecule has 182 valence electrons. The van der Waals surface area contributed by atoms with Gasteiger partial charge in [-0.15, -0.1) is 0 Å². The van der Waals surface area contributed by atoms with Crippen LogP contribution in [0, 0.1) is 12.7 Å². The normalized spacial score (nSPS) is 20.3. The first-order valence-corrected chi connectivity index (χ1v) is 11.4. The number of rotatable bonds is 4. The molecule has 0 spiro atoms. The molecule has 0 amide bonds. The third kappa shape index (κ3) is 4.72. The molecule has 1 atom stereocenters. The summed E-state index contributed by atoms with van der Waals surface area (Å²) in [6.45, 7) is 4.46. The average molecular weight is 479 g/mol. The molecule has 2 saturated heterocycles. The number of benzene rings is 1. The molecule has 0 radical (unpaired) electrons. The van der Waals surface area contributed by atoms with Crippen LogP contribution in [0.1, 0.15) is 37.1 Å². The summed E-state index contributed by atoms with van der Waals surface area (Å²) in [7, 11) is 0. The Morgan fingerprint density at radius 2 is 1.85 bits per heavy atom. The van der Waals surface area contributed by atoms with Crippen molar-refractivity contribution >= 4 is 16.7 Å². The largest absolute Gasteiger partial charge is 0.416 e. The lowest BCUT2D eigenvalue weighted by atomic mass is 10.0. The minimum atomic E-state index is -4.67. The van der Waals surface area contributed by atoms with Gasteiger partial charge in [0.1, 0.15) is 17.2 Å². The van der Waals surface area contributed by atoms with Crippen molar-refractivity contribution in [3.05, 3.63) is 35.4 Å². The lowest BCUT2D eigenvalue weighted by Gasteiger charge is -2.36. The number of fused-ring (bicyclic) bond motifs is 1. The van der Waals surface area contributed by atoms with Crippen LogP contribution in [0.3, 0.4) is 0 Å². The van der Waals surface area contributed by atoms with Crippen molar-refractivity contribution in [1.29, 1.82) is 0 Å². The number of nitrogens with zero attached hydrogens (tertiary/aromatic N) is 4. The van der Waals surface area contributed by atoms with Crippen molar-refractivity contribution in [3.8, 4) is 11.5 Å². The summed E-state index contributed by atoms with van der Waals surface area (Å²) < 4.78 is 65.3. The first kappa shape index (κ1) is 23.0. The van der Waals surface area contributed by atoms with Gasteiger partial charge < -0.3 is 19.5 Å². The van der Waals surface area contributed by atoms with Crippen LogP contribution in [0.2, 0.25) is 0 Å². The maximum atomic E-state index is 14.7. The maximum absolute atomic E-state index is 14.7. The standard InChI is InChI=1S/C23H25F4N5O2/c1-13-28-22(34-31-13)18-10-14-9-15(23(25,26)27)11-19(24)20(14)30-21(18)32-6-4-16(5-7-32)29-17-3-2-8-33-12-17/h9-11,16-17,29H,2-8,12H2,1H3/t17-/m0/s1. The highest BCUT2D eigenvalue weighted by Gasteiger charge is 2.33. The predicted octanol–water partition coefficient (Wildman–Crippen LogP) is 4.49. The highest BCUT2D eigenvalue weighted by atomic mass is 19.4. The van der Waals surface area contributed by atoms with Crippen LogP contribution in [0.4, 0.5) is 23.4 Å². The summed E-state index contributed by atoms with van der Waals surface area (Å²) in [6.07, 6.45) is -0.854. The fourth-order valence-electron chi connectivity index (χ4n) is 4.67. The molecule has 2 aliphatic heterocycles. The van der Waals surface area contributed by atoms with Crippen molar-refractivity contribution in [3.63, 3.8) is 0 Å². The van der Waals surface area contributed by atoms with E-state index in [-0.39, 0.29) is 16.8 Å². The van der Waals surface area contributed by atoms with E-state index < -0.39 is 17.6 Å². The number of aryl methyl sites for hydroxylation is 1. The molecule has 0 bridgehead atoms. The van der Waals surface area contributed by atoms with Gasteiger partial charge >= 0.3 is 6.18 Å². The molecule has 2 aromatic heterocycles. The van der Waals surface area contributed by atoms with Crippen LogP contribution in [0.15, 0.2) is 22.7 Å². The van der Waals surface area contributed by atoms with Crippen LogP contribution < -0.4 is 10.2 Å². The number of ether oxygens (including phenoxy) is 1. The van der Waals surface area contributed by atoms with Gasteiger partial charge in [-0.25, -0.2) is 9.37 Å². The van der Waals surface area contributed by atoms with E-state index in [0.29, 0.717) is 55.1 Å². The summed E-state index contributed by atoms with van der Waals surface area (Å²) in [5.41, 5.74) is -0.806. The van der Waals surface area contributed by atoms with Crippen LogP contribution in [0.25, 0.3) is 22.4 Å². The monoisotopic (exact) mass is 479 g/mol. The molecule has 2 aliphatic rings. The molecule has 1 aromatic carbocycles. The van der Waals surface area contributed by atoms with Gasteiger partial charge in [0.25, 0.3) is 5.89 Å². The second-order valence-electron chi connectivity index (χ2n) is 8.88. The molecule has 4 heterocycles. The Morgan fingerprint density at radius 1 is 1.06 bits per heavy atom. The van der Waals surface area contributed by atoms with Gasteiger partial charge in [0.15, 0.2) is 5.82 Å². The number of alkyl halides is 3. The summed E-state index contributed by atoms with van der Waals surface area (Å²) >= 11 is 0. The number of nitrogens with one attached hydrogen (secondary N) is 1. The van der Waals surface area contributed by atoms with E-state index in [9.17, 15) is 17.6 Å². The van der Waals surface area contributed by atoms with E-state index in [0.717, 1.165) is 38.4 Å². The molecule has 2 fully saturated rings. The summed E-state index contributed by atoms with van der Waals surface area (Å²) in [5.74, 6) is -0.0735. The number of hydrogen-bond donors (Lipinski definition) is 1. The van der Waals surface area contributed by atoms with Gasteiger partial charge in [0.05, 0.1) is 17.7 Å². The highest BCUT2D eigenvalue weighted by molar-refractivity contribution is 5.89. The zero-order valence-corrected chi connectivity index (χ0v) is 18.7. The molecular weight excluding hydrogens is 454 g/mol. The lowest BCUT2D eigenvalue weighted by molar-refractivity contribution is -0.137. The minimum absolute atomic E-state index is 0.0239. The summed E-state index contributed by atoms with van der Waals surface area (Å²) in [6, 6.07) is 3.50. The number of halogens is 4. The molecule has 34 heavy (non-hydrogen) atoms. The van der Waals surface area contributed by atoms with E-state index in [4.69, 9.17) is 9.26 Å². The van der Waals surface area contributed by atoms with Crippen molar-refractivity contribution in [2.75, 3.05) is 31.2 Å². The fraction of sp³-hybridized carbons (Fsp3) is 0.522. The topological polar surface area (TPSA) is 76.3 Å². The minimum Gasteiger partial charge on any atom is -0.380 e. The first-order chi connectivity index (χ1) is 16.3. The number of anilines is 1. The Hall–Kier alpha value is -2.79. The van der Waals surface area contributed by atoms with Crippen molar-refractivity contribution in [2.24, 2.45) is 0 Å². The number of aromatic nitrogens is 3. The van der Waals surface area contributed by atoms with Gasteiger partial charge in [-0.2, -0.15) is 18.2 Å². The van der Waals surface area contributed by atoms with E-state index in [2.05, 4.69) is 20.4 Å². The van der Waals surface area contributed by atoms with Crippen molar-refractivity contribution in [2.45, 2.75) is 50.9 Å². The van der Waals surface area contributed by atoms with E-state index >= 15 is 0 Å². The molecule has 0 aliphatic carbocycles. The second-order valence-corrected chi connectivity index (χ2v) is 8.88. The number of hydrogen-bond acceptors (Lipinski definition) is 7. The quantitative estimate of drug-likeness (QED) is 0.553. The molecule has 7 nitrogen and oxygen atoms in total. The smallest absolute Gasteiger partial charge is 0.380 e. The Kier molecular flexibility index (Phi) is 6.15. The maximum Gasteiger partial charge on any atom is 0.416 e. The molecule has 11 heteroatoms. The zero-order chi connectivity index (χ0) is 23.9. The number of pyridine rings is 1. The number of piperidine rings is 1. The van der Waals surface area contributed by atoms with Crippen LogP contribution >= 0.6 is 0 Å². The van der Waals surface area contributed by atoms with Crippen LogP contribution in [0.5, 0.6) is 0 Å². The second kappa shape index (κ2) is 9.10. The van der Waals surface area contributed by atoms with Gasteiger partial charge in [0.2, 0.25) is 0 Å². The van der Waals surface area contributed by atoms with Gasteiger partial charge in [-0.05, 0) is 50.8 Å². The Balaban J connectivity index is 1.46. The lowest BCUT2D eigenvalue weighted by Crippen LogP contribution is -2.48. The van der Waals surface area contributed by atoms with Gasteiger partial charge in [-0.1, -0.05) is 5.16 Å². The molecule has 5 rings (SSSR count). The zero-order valence-electron chi connectivity index (χ0n) is 18.7. The molecule has 3 aromatic rings. The molecule has 0 unspecified atom stereocenters.